The number of carbonyl (C=O) groups is 1. The first-order chi connectivity index (χ1) is 18.1. The Hall–Kier alpha value is -3.69. The predicted molar refractivity (Wildman–Crippen MR) is 136 cm³/mol. The van der Waals surface area contributed by atoms with Gasteiger partial charge in [-0.2, -0.15) is 0 Å². The van der Waals surface area contributed by atoms with Gasteiger partial charge in [0.2, 0.25) is 0 Å². The third-order valence-corrected chi connectivity index (χ3v) is 6.90. The van der Waals surface area contributed by atoms with E-state index in [-0.39, 0.29) is 37.6 Å². The van der Waals surface area contributed by atoms with Gasteiger partial charge in [-0.25, -0.2) is 13.8 Å². The fourth-order valence-electron chi connectivity index (χ4n) is 4.68. The molecule has 1 aliphatic heterocycles. The lowest BCUT2D eigenvalue weighted by Crippen LogP contribution is -2.50. The highest BCUT2D eigenvalue weighted by molar-refractivity contribution is 5.97. The molecule has 198 valence electrons. The van der Waals surface area contributed by atoms with Gasteiger partial charge in [0.15, 0.2) is 23.0 Å². The molecule has 0 aliphatic carbocycles. The van der Waals surface area contributed by atoms with Crippen molar-refractivity contribution in [1.82, 2.24) is 14.4 Å². The molecule has 0 amide bonds. The maximum Gasteiger partial charge on any atom is 0.182 e. The molecular formula is C29H29F2N3O4. The van der Waals surface area contributed by atoms with Crippen LogP contribution >= 0.6 is 0 Å². The molecule has 0 atom stereocenters. The number of carbonyl (C=O) groups excluding carboxylic acids is 1. The van der Waals surface area contributed by atoms with Crippen molar-refractivity contribution < 1.29 is 27.8 Å². The standard InChI is InChI=1S/C29H29F2N3O4/c1-18-10-11-20(14-32-18)29(16-37-28(3,4)38-17-29)13-24(35)26-19(2)33-27-25(9-6-12-34(26)27)36-15-21-22(30)7-5-8-23(21)31/h5-12,14H,13,15-17H2,1-4H3. The summed E-state index contributed by atoms with van der Waals surface area (Å²) >= 11 is 0. The maximum atomic E-state index is 14.1. The summed E-state index contributed by atoms with van der Waals surface area (Å²) in [5, 5.41) is 0. The quantitative estimate of drug-likeness (QED) is 0.299. The molecule has 4 heterocycles. The number of hydrogen-bond acceptors (Lipinski definition) is 6. The second kappa shape index (κ2) is 9.89. The first-order valence-electron chi connectivity index (χ1n) is 12.4. The van der Waals surface area contributed by atoms with Crippen molar-refractivity contribution in [3.63, 3.8) is 0 Å². The highest BCUT2D eigenvalue weighted by Gasteiger charge is 2.44. The lowest BCUT2D eigenvalue weighted by molar-refractivity contribution is -0.269. The van der Waals surface area contributed by atoms with E-state index in [2.05, 4.69) is 9.97 Å². The average Bonchev–Trinajstić information content (AvgIpc) is 3.22. The number of ether oxygens (including phenoxy) is 3. The molecule has 9 heteroatoms. The minimum atomic E-state index is -0.756. The second-order valence-corrected chi connectivity index (χ2v) is 10.1. The van der Waals surface area contributed by atoms with E-state index in [1.165, 1.54) is 18.2 Å². The molecule has 0 unspecified atom stereocenters. The number of fused-ring (bicyclic) bond motifs is 1. The molecule has 4 aromatic rings. The fraction of sp³-hybridized carbons (Fsp3) is 0.345. The van der Waals surface area contributed by atoms with Crippen LogP contribution in [-0.2, 0) is 21.5 Å². The number of nitrogens with zero attached hydrogens (tertiary/aromatic N) is 3. The van der Waals surface area contributed by atoms with Crippen LogP contribution in [0.4, 0.5) is 8.78 Å². The minimum Gasteiger partial charge on any atom is -0.485 e. The largest absolute Gasteiger partial charge is 0.485 e. The third-order valence-electron chi connectivity index (χ3n) is 6.90. The lowest BCUT2D eigenvalue weighted by atomic mass is 9.77. The molecule has 5 rings (SSSR count). The summed E-state index contributed by atoms with van der Waals surface area (Å²) in [6, 6.07) is 10.9. The van der Waals surface area contributed by atoms with Crippen LogP contribution in [0, 0.1) is 25.5 Å². The van der Waals surface area contributed by atoms with Crippen LogP contribution in [-0.4, -0.2) is 39.2 Å². The van der Waals surface area contributed by atoms with Crippen molar-refractivity contribution in [3.05, 3.63) is 94.7 Å². The highest BCUT2D eigenvalue weighted by atomic mass is 19.1. The zero-order valence-electron chi connectivity index (χ0n) is 21.8. The molecule has 0 bridgehead atoms. The molecule has 3 aromatic heterocycles. The zero-order valence-corrected chi connectivity index (χ0v) is 21.8. The van der Waals surface area contributed by atoms with Crippen molar-refractivity contribution in [2.45, 2.75) is 51.9 Å². The molecule has 0 saturated carbocycles. The van der Waals surface area contributed by atoms with E-state index in [1.807, 2.05) is 32.9 Å². The van der Waals surface area contributed by atoms with E-state index in [1.54, 1.807) is 35.9 Å². The molecule has 0 spiro atoms. The summed E-state index contributed by atoms with van der Waals surface area (Å²) in [7, 11) is 0. The zero-order chi connectivity index (χ0) is 27.1. The van der Waals surface area contributed by atoms with Crippen molar-refractivity contribution in [2.75, 3.05) is 13.2 Å². The van der Waals surface area contributed by atoms with Gasteiger partial charge in [-0.15, -0.1) is 0 Å². The van der Waals surface area contributed by atoms with Crippen LogP contribution in [0.2, 0.25) is 0 Å². The number of rotatable bonds is 7. The molecule has 1 fully saturated rings. The second-order valence-electron chi connectivity index (χ2n) is 10.1. The molecular weight excluding hydrogens is 492 g/mol. The molecule has 1 aliphatic rings. The number of aromatic nitrogens is 3. The molecule has 0 radical (unpaired) electrons. The molecule has 1 saturated heterocycles. The summed E-state index contributed by atoms with van der Waals surface area (Å²) in [4.78, 5) is 22.9. The fourth-order valence-corrected chi connectivity index (χ4v) is 4.68. The smallest absolute Gasteiger partial charge is 0.182 e. The molecule has 7 nitrogen and oxygen atoms in total. The number of ketones is 1. The van der Waals surface area contributed by atoms with E-state index in [4.69, 9.17) is 14.2 Å². The first kappa shape index (κ1) is 25.9. The third kappa shape index (κ3) is 4.91. The van der Waals surface area contributed by atoms with Gasteiger partial charge in [0.25, 0.3) is 0 Å². The van der Waals surface area contributed by atoms with Crippen LogP contribution in [0.3, 0.4) is 0 Å². The minimum absolute atomic E-state index is 0.105. The van der Waals surface area contributed by atoms with Crippen molar-refractivity contribution in [1.29, 1.82) is 0 Å². The van der Waals surface area contributed by atoms with E-state index < -0.39 is 22.8 Å². The van der Waals surface area contributed by atoms with E-state index >= 15 is 0 Å². The van der Waals surface area contributed by atoms with Crippen LogP contribution in [0.15, 0.2) is 54.9 Å². The Morgan fingerprint density at radius 1 is 1.05 bits per heavy atom. The van der Waals surface area contributed by atoms with Gasteiger partial charge in [0.1, 0.15) is 23.9 Å². The Morgan fingerprint density at radius 2 is 1.76 bits per heavy atom. The van der Waals surface area contributed by atoms with Crippen molar-refractivity contribution in [3.8, 4) is 5.75 Å². The topological polar surface area (TPSA) is 75.0 Å². The SMILES string of the molecule is Cc1ccc(C2(CC(=O)c3c(C)nc4c(OCc5c(F)cccc5F)cccn34)COC(C)(C)OC2)cn1. The number of Topliss-reactive ketones (excluding diaryl/α,β-unsaturated/α-hetero) is 1. The summed E-state index contributed by atoms with van der Waals surface area (Å²) in [5.74, 6) is -1.99. The Bertz CT molecular complexity index is 1470. The number of aryl methyl sites for hydroxylation is 2. The number of benzene rings is 1. The van der Waals surface area contributed by atoms with Gasteiger partial charge in [0.05, 0.1) is 29.9 Å². The van der Waals surface area contributed by atoms with Gasteiger partial charge in [-0.3, -0.25) is 14.2 Å². The first-order valence-corrected chi connectivity index (χ1v) is 12.4. The summed E-state index contributed by atoms with van der Waals surface area (Å²) in [5.41, 5.74) is 2.10. The van der Waals surface area contributed by atoms with E-state index in [9.17, 15) is 13.6 Å². The van der Waals surface area contributed by atoms with Gasteiger partial charge >= 0.3 is 0 Å². The Morgan fingerprint density at radius 3 is 2.42 bits per heavy atom. The van der Waals surface area contributed by atoms with Crippen molar-refractivity contribution in [2.24, 2.45) is 0 Å². The van der Waals surface area contributed by atoms with Gasteiger partial charge in [0, 0.05) is 24.5 Å². The van der Waals surface area contributed by atoms with Gasteiger partial charge in [-0.05, 0) is 63.6 Å². The van der Waals surface area contributed by atoms with Crippen LogP contribution in [0.5, 0.6) is 5.75 Å². The molecule has 1 aromatic carbocycles. The van der Waals surface area contributed by atoms with Crippen LogP contribution in [0.1, 0.15) is 53.3 Å². The highest BCUT2D eigenvalue weighted by Crippen LogP contribution is 2.37. The normalized spacial score (nSPS) is 16.5. The average molecular weight is 522 g/mol. The Balaban J connectivity index is 1.46. The lowest BCUT2D eigenvalue weighted by Gasteiger charge is -2.43. The number of pyridine rings is 2. The summed E-state index contributed by atoms with van der Waals surface area (Å²) < 4.78 is 47.6. The monoisotopic (exact) mass is 521 g/mol. The maximum absolute atomic E-state index is 14.1. The Kier molecular flexibility index (Phi) is 6.75. The van der Waals surface area contributed by atoms with Crippen molar-refractivity contribution >= 4 is 11.4 Å². The predicted octanol–water partition coefficient (Wildman–Crippen LogP) is 5.50. The number of imidazole rings is 1. The van der Waals surface area contributed by atoms with E-state index in [0.29, 0.717) is 22.8 Å². The van der Waals surface area contributed by atoms with Gasteiger partial charge in [-0.1, -0.05) is 12.1 Å². The number of hydrogen-bond donors (Lipinski definition) is 0. The van der Waals surface area contributed by atoms with Crippen LogP contribution < -0.4 is 4.74 Å². The Labute approximate surface area is 219 Å². The van der Waals surface area contributed by atoms with Crippen LogP contribution in [0.25, 0.3) is 5.65 Å². The van der Waals surface area contributed by atoms with E-state index in [0.717, 1.165) is 11.3 Å². The number of halogens is 2. The summed E-state index contributed by atoms with van der Waals surface area (Å²) in [6.45, 7) is 7.59. The molecule has 38 heavy (non-hydrogen) atoms. The summed E-state index contributed by atoms with van der Waals surface area (Å²) in [6.07, 6.45) is 3.59. The molecule has 0 N–H and O–H groups in total. The van der Waals surface area contributed by atoms with Gasteiger partial charge < -0.3 is 14.2 Å².